The highest BCUT2D eigenvalue weighted by Crippen LogP contribution is 2.42. The Morgan fingerprint density at radius 1 is 1.14 bits per heavy atom. The fourth-order valence-corrected chi connectivity index (χ4v) is 4.47. The molecule has 0 aliphatic heterocycles. The monoisotopic (exact) mass is 424 g/mol. The molecule has 0 spiro atoms. The Labute approximate surface area is 173 Å². The minimum atomic E-state index is -4.56. The first kappa shape index (κ1) is 21.5. The van der Waals surface area contributed by atoms with Gasteiger partial charge in [-0.25, -0.2) is 0 Å². The third-order valence-electron chi connectivity index (χ3n) is 5.71. The number of primary amides is 1. The van der Waals surface area contributed by atoms with Gasteiger partial charge in [-0.1, -0.05) is 29.8 Å². The summed E-state index contributed by atoms with van der Waals surface area (Å²) in [5, 5.41) is 0.0513. The van der Waals surface area contributed by atoms with E-state index in [1.807, 2.05) is 25.2 Å². The third kappa shape index (κ3) is 5.04. The molecule has 1 saturated carbocycles. The Kier molecular flexibility index (Phi) is 6.42. The van der Waals surface area contributed by atoms with E-state index in [1.54, 1.807) is 0 Å². The molecule has 7 heteroatoms. The van der Waals surface area contributed by atoms with E-state index in [0.29, 0.717) is 11.5 Å². The highest BCUT2D eigenvalue weighted by Gasteiger charge is 2.34. The predicted octanol–water partition coefficient (Wildman–Crippen LogP) is 5.87. The van der Waals surface area contributed by atoms with Gasteiger partial charge in [0, 0.05) is 19.3 Å². The highest BCUT2D eigenvalue weighted by atomic mass is 35.5. The van der Waals surface area contributed by atoms with E-state index >= 15 is 0 Å². The smallest absolute Gasteiger partial charge is 0.374 e. The molecule has 0 atom stereocenters. The van der Waals surface area contributed by atoms with Gasteiger partial charge in [0.15, 0.2) is 0 Å². The first-order valence-electron chi connectivity index (χ1n) is 9.63. The number of alkyl halides is 3. The topological polar surface area (TPSA) is 46.3 Å². The zero-order chi connectivity index (χ0) is 21.2. The van der Waals surface area contributed by atoms with Gasteiger partial charge < -0.3 is 10.6 Å². The van der Waals surface area contributed by atoms with Crippen LogP contribution in [0.25, 0.3) is 0 Å². The molecule has 2 N–H and O–H groups in total. The number of hydrogen-bond acceptors (Lipinski definition) is 2. The van der Waals surface area contributed by atoms with E-state index in [9.17, 15) is 18.0 Å². The van der Waals surface area contributed by atoms with E-state index in [2.05, 4.69) is 17.0 Å². The molecule has 0 radical (unpaired) electrons. The lowest BCUT2D eigenvalue weighted by atomic mass is 9.77. The van der Waals surface area contributed by atoms with Crippen molar-refractivity contribution < 1.29 is 18.0 Å². The van der Waals surface area contributed by atoms with Crippen molar-refractivity contribution in [3.63, 3.8) is 0 Å². The molecular formula is C22H24ClF3N2O. The quantitative estimate of drug-likeness (QED) is 0.652. The normalized spacial score (nSPS) is 19.8. The molecule has 156 valence electrons. The molecule has 0 bridgehead atoms. The van der Waals surface area contributed by atoms with Gasteiger partial charge in [-0.15, -0.1) is 0 Å². The Bertz CT molecular complexity index is 862. The largest absolute Gasteiger partial charge is 0.416 e. The number of anilines is 1. The molecule has 1 aliphatic carbocycles. The molecule has 0 aromatic heterocycles. The minimum Gasteiger partial charge on any atom is -0.374 e. The van der Waals surface area contributed by atoms with Crippen LogP contribution in [0.3, 0.4) is 0 Å². The number of amides is 1. The maximum absolute atomic E-state index is 13.3. The molecule has 0 heterocycles. The first-order chi connectivity index (χ1) is 13.7. The summed E-state index contributed by atoms with van der Waals surface area (Å²) in [6, 6.07) is 11.9. The number of para-hydroxylation sites is 1. The summed E-state index contributed by atoms with van der Waals surface area (Å²) < 4.78 is 39.8. The summed E-state index contributed by atoms with van der Waals surface area (Å²) in [6.07, 6.45) is -1.32. The number of rotatable bonds is 5. The van der Waals surface area contributed by atoms with Crippen LogP contribution in [-0.4, -0.2) is 19.5 Å². The fraction of sp³-hybridized carbons (Fsp3) is 0.409. The summed E-state index contributed by atoms with van der Waals surface area (Å²) in [5.74, 6) is -0.599. The predicted molar refractivity (Wildman–Crippen MR) is 109 cm³/mol. The van der Waals surface area contributed by atoms with Crippen molar-refractivity contribution in [1.82, 2.24) is 0 Å². The number of carbonyl (C=O) groups is 1. The van der Waals surface area contributed by atoms with Crippen molar-refractivity contribution in [2.24, 2.45) is 11.7 Å². The maximum Gasteiger partial charge on any atom is 0.416 e. The van der Waals surface area contributed by atoms with Crippen LogP contribution in [0.1, 0.15) is 53.1 Å². The van der Waals surface area contributed by atoms with Gasteiger partial charge in [-0.2, -0.15) is 13.2 Å². The summed E-state index contributed by atoms with van der Waals surface area (Å²) in [5.41, 5.74) is 5.64. The van der Waals surface area contributed by atoms with Crippen LogP contribution in [-0.2, 0) is 6.18 Å². The fourth-order valence-electron chi connectivity index (χ4n) is 4.12. The zero-order valence-corrected chi connectivity index (χ0v) is 16.9. The van der Waals surface area contributed by atoms with Gasteiger partial charge in [0.25, 0.3) is 0 Å². The van der Waals surface area contributed by atoms with Crippen LogP contribution >= 0.6 is 11.6 Å². The Morgan fingerprint density at radius 3 is 2.31 bits per heavy atom. The standard InChI is InChI=1S/C22H24ClF3N2O/c1-28(17-5-3-2-4-6-17)13-14-7-9-15(10-8-14)18-11-16(22(24,25)26)12-19(20(18)23)21(27)29/h2-6,11-12,14-15H,7-10,13H2,1H3,(H2,27,29). The number of carbonyl (C=O) groups excluding carboxylic acids is 1. The molecule has 29 heavy (non-hydrogen) atoms. The lowest BCUT2D eigenvalue weighted by molar-refractivity contribution is -0.137. The van der Waals surface area contributed by atoms with Gasteiger partial charge in [0.1, 0.15) is 0 Å². The second-order valence-electron chi connectivity index (χ2n) is 7.72. The van der Waals surface area contributed by atoms with E-state index in [1.165, 1.54) is 0 Å². The lowest BCUT2D eigenvalue weighted by Gasteiger charge is -2.33. The first-order valence-corrected chi connectivity index (χ1v) is 10.0. The molecule has 2 aromatic rings. The molecular weight excluding hydrogens is 401 g/mol. The molecule has 0 saturated heterocycles. The van der Waals surface area contributed by atoms with E-state index in [0.717, 1.165) is 50.0 Å². The average molecular weight is 425 g/mol. The van der Waals surface area contributed by atoms with Crippen LogP contribution in [0.4, 0.5) is 18.9 Å². The van der Waals surface area contributed by atoms with Gasteiger partial charge in [-0.05, 0) is 67.3 Å². The Morgan fingerprint density at radius 2 is 1.76 bits per heavy atom. The zero-order valence-electron chi connectivity index (χ0n) is 16.2. The maximum atomic E-state index is 13.3. The average Bonchev–Trinajstić information content (AvgIpc) is 2.68. The second kappa shape index (κ2) is 8.66. The van der Waals surface area contributed by atoms with E-state index in [4.69, 9.17) is 17.3 Å². The van der Waals surface area contributed by atoms with Crippen molar-refractivity contribution in [1.29, 1.82) is 0 Å². The molecule has 1 amide bonds. The highest BCUT2D eigenvalue weighted by molar-refractivity contribution is 6.34. The molecule has 3 rings (SSSR count). The number of halogens is 4. The summed E-state index contributed by atoms with van der Waals surface area (Å²) >= 11 is 6.28. The molecule has 1 aliphatic rings. The van der Waals surface area contributed by atoms with Crippen LogP contribution in [0.2, 0.25) is 5.02 Å². The number of benzene rings is 2. The lowest BCUT2D eigenvalue weighted by Crippen LogP contribution is -2.28. The van der Waals surface area contributed by atoms with Crippen molar-refractivity contribution in [2.45, 2.75) is 37.8 Å². The van der Waals surface area contributed by atoms with Crippen molar-refractivity contribution in [3.8, 4) is 0 Å². The van der Waals surface area contributed by atoms with Crippen LogP contribution < -0.4 is 10.6 Å². The molecule has 2 aromatic carbocycles. The summed E-state index contributed by atoms with van der Waals surface area (Å²) in [7, 11) is 2.05. The summed E-state index contributed by atoms with van der Waals surface area (Å²) in [6.45, 7) is 0.888. The van der Waals surface area contributed by atoms with Crippen LogP contribution in [0, 0.1) is 5.92 Å². The van der Waals surface area contributed by atoms with Crippen molar-refractivity contribution in [3.05, 3.63) is 64.2 Å². The van der Waals surface area contributed by atoms with Gasteiger partial charge in [0.2, 0.25) is 5.91 Å². The Hall–Kier alpha value is -2.21. The van der Waals surface area contributed by atoms with E-state index in [-0.39, 0.29) is 16.5 Å². The number of hydrogen-bond donors (Lipinski definition) is 1. The number of nitrogens with two attached hydrogens (primary N) is 1. The Balaban J connectivity index is 1.73. The molecule has 0 unspecified atom stereocenters. The van der Waals surface area contributed by atoms with Crippen molar-refractivity contribution >= 4 is 23.2 Å². The van der Waals surface area contributed by atoms with Gasteiger partial charge in [-0.3, -0.25) is 4.79 Å². The second-order valence-corrected chi connectivity index (χ2v) is 8.10. The third-order valence-corrected chi connectivity index (χ3v) is 6.13. The van der Waals surface area contributed by atoms with Gasteiger partial charge in [0.05, 0.1) is 16.1 Å². The van der Waals surface area contributed by atoms with Crippen LogP contribution in [0.5, 0.6) is 0 Å². The van der Waals surface area contributed by atoms with Gasteiger partial charge >= 0.3 is 6.18 Å². The van der Waals surface area contributed by atoms with Crippen molar-refractivity contribution in [2.75, 3.05) is 18.5 Å². The molecule has 3 nitrogen and oxygen atoms in total. The van der Waals surface area contributed by atoms with Crippen LogP contribution in [0.15, 0.2) is 42.5 Å². The summed E-state index contributed by atoms with van der Waals surface area (Å²) in [4.78, 5) is 13.8. The minimum absolute atomic E-state index is 0.0513. The molecule has 1 fully saturated rings. The SMILES string of the molecule is CN(CC1CCC(c2cc(C(F)(F)F)cc(C(N)=O)c2Cl)CC1)c1ccccc1. The number of nitrogens with zero attached hydrogens (tertiary/aromatic N) is 1. The van der Waals surface area contributed by atoms with E-state index < -0.39 is 17.6 Å².